The average Bonchev–Trinajstić information content (AvgIpc) is 2.34. The molecule has 1 N–H and O–H groups in total. The number of hydrogen-bond donors (Lipinski definition) is 1. The molecule has 0 atom stereocenters. The fourth-order valence-electron chi connectivity index (χ4n) is 1.48. The van der Waals surface area contributed by atoms with Gasteiger partial charge in [-0.15, -0.1) is 0 Å². The summed E-state index contributed by atoms with van der Waals surface area (Å²) in [6.45, 7) is -1.63. The Bertz CT molecular complexity index is 629. The monoisotopic (exact) mass is 311 g/mol. The molecular formula is C11H7ClF5N3. The number of halogens is 6. The van der Waals surface area contributed by atoms with Crippen LogP contribution < -0.4 is 5.32 Å². The van der Waals surface area contributed by atoms with Crippen LogP contribution in [0.1, 0.15) is 0 Å². The Labute approximate surface area is 114 Å². The molecule has 1 heterocycles. The second kappa shape index (κ2) is 5.01. The van der Waals surface area contributed by atoms with Gasteiger partial charge in [-0.3, -0.25) is 0 Å². The third-order valence-corrected chi connectivity index (χ3v) is 2.64. The Morgan fingerprint density at radius 3 is 2.35 bits per heavy atom. The number of anilines is 1. The van der Waals surface area contributed by atoms with Crippen LogP contribution in [0.5, 0.6) is 0 Å². The van der Waals surface area contributed by atoms with Crippen LogP contribution in [-0.4, -0.2) is 28.6 Å². The predicted molar refractivity (Wildman–Crippen MR) is 64.0 cm³/mol. The second-order valence-electron chi connectivity index (χ2n) is 3.91. The van der Waals surface area contributed by atoms with Crippen LogP contribution in [0.15, 0.2) is 24.3 Å². The van der Waals surface area contributed by atoms with Crippen LogP contribution in [0.4, 0.5) is 27.8 Å². The molecule has 0 radical (unpaired) electrons. The van der Waals surface area contributed by atoms with Gasteiger partial charge in [0, 0.05) is 5.39 Å². The lowest BCUT2D eigenvalue weighted by Gasteiger charge is -2.20. The van der Waals surface area contributed by atoms with Crippen molar-refractivity contribution in [2.24, 2.45) is 0 Å². The van der Waals surface area contributed by atoms with E-state index < -0.39 is 18.6 Å². The van der Waals surface area contributed by atoms with E-state index in [9.17, 15) is 22.0 Å². The summed E-state index contributed by atoms with van der Waals surface area (Å²) < 4.78 is 61.9. The number of fused-ring (bicyclic) bond motifs is 1. The molecule has 0 unspecified atom stereocenters. The number of benzene rings is 1. The van der Waals surface area contributed by atoms with Gasteiger partial charge in [-0.05, 0) is 23.7 Å². The zero-order valence-electron chi connectivity index (χ0n) is 9.68. The Balaban J connectivity index is 2.31. The minimum Gasteiger partial charge on any atom is -0.363 e. The SMILES string of the molecule is FC(F)(F)C(F)(F)CNc1nc(Cl)nc2ccccc12. The summed E-state index contributed by atoms with van der Waals surface area (Å²) in [5.74, 6) is -5.05. The molecule has 2 aromatic rings. The number of hydrogen-bond acceptors (Lipinski definition) is 3. The van der Waals surface area contributed by atoms with Gasteiger partial charge in [0.2, 0.25) is 5.28 Å². The Morgan fingerprint density at radius 1 is 1.05 bits per heavy atom. The van der Waals surface area contributed by atoms with Gasteiger partial charge in [0.1, 0.15) is 5.82 Å². The van der Waals surface area contributed by atoms with E-state index in [1.54, 1.807) is 12.1 Å². The number of para-hydroxylation sites is 1. The molecule has 9 heteroatoms. The van der Waals surface area contributed by atoms with Crippen molar-refractivity contribution < 1.29 is 22.0 Å². The van der Waals surface area contributed by atoms with E-state index in [0.29, 0.717) is 10.9 Å². The molecule has 1 aromatic carbocycles. The van der Waals surface area contributed by atoms with E-state index in [1.165, 1.54) is 12.1 Å². The van der Waals surface area contributed by atoms with Crippen molar-refractivity contribution in [3.63, 3.8) is 0 Å². The number of nitrogens with zero attached hydrogens (tertiary/aromatic N) is 2. The summed E-state index contributed by atoms with van der Waals surface area (Å²) >= 11 is 5.59. The van der Waals surface area contributed by atoms with Gasteiger partial charge in [-0.1, -0.05) is 12.1 Å². The highest BCUT2D eigenvalue weighted by Gasteiger charge is 2.57. The zero-order valence-corrected chi connectivity index (χ0v) is 10.4. The van der Waals surface area contributed by atoms with Crippen molar-refractivity contribution in [1.29, 1.82) is 0 Å². The quantitative estimate of drug-likeness (QED) is 0.690. The van der Waals surface area contributed by atoms with E-state index >= 15 is 0 Å². The van der Waals surface area contributed by atoms with E-state index in [-0.39, 0.29) is 11.1 Å². The van der Waals surface area contributed by atoms with E-state index in [4.69, 9.17) is 11.6 Å². The summed E-state index contributed by atoms with van der Waals surface area (Å²) in [4.78, 5) is 7.46. The summed E-state index contributed by atoms with van der Waals surface area (Å²) in [6, 6.07) is 6.22. The van der Waals surface area contributed by atoms with Crippen molar-refractivity contribution in [3.05, 3.63) is 29.5 Å². The molecule has 2 rings (SSSR count). The Kier molecular flexibility index (Phi) is 3.68. The van der Waals surface area contributed by atoms with Crippen LogP contribution in [0, 0.1) is 0 Å². The van der Waals surface area contributed by atoms with Crippen molar-refractivity contribution in [1.82, 2.24) is 9.97 Å². The molecule has 0 spiro atoms. The summed E-state index contributed by atoms with van der Waals surface area (Å²) in [5.41, 5.74) is 0.338. The third-order valence-electron chi connectivity index (χ3n) is 2.47. The molecule has 0 fully saturated rings. The van der Waals surface area contributed by atoms with Crippen LogP contribution in [-0.2, 0) is 0 Å². The van der Waals surface area contributed by atoms with Crippen molar-refractivity contribution in [2.45, 2.75) is 12.1 Å². The predicted octanol–water partition coefficient (Wildman–Crippen LogP) is 3.89. The van der Waals surface area contributed by atoms with Crippen molar-refractivity contribution >= 4 is 28.3 Å². The van der Waals surface area contributed by atoms with Gasteiger partial charge in [0.15, 0.2) is 0 Å². The van der Waals surface area contributed by atoms with E-state index in [1.807, 2.05) is 5.32 Å². The minimum atomic E-state index is -5.63. The number of rotatable bonds is 3. The molecule has 3 nitrogen and oxygen atoms in total. The van der Waals surface area contributed by atoms with Crippen LogP contribution in [0.3, 0.4) is 0 Å². The first-order valence-electron chi connectivity index (χ1n) is 5.31. The maximum atomic E-state index is 12.9. The first kappa shape index (κ1) is 14.7. The molecule has 0 saturated heterocycles. The molecule has 0 aliphatic carbocycles. The van der Waals surface area contributed by atoms with Gasteiger partial charge in [-0.2, -0.15) is 22.0 Å². The van der Waals surface area contributed by atoms with Crippen molar-refractivity contribution in [2.75, 3.05) is 11.9 Å². The number of alkyl halides is 5. The smallest absolute Gasteiger partial charge is 0.363 e. The number of nitrogens with one attached hydrogen (secondary N) is 1. The first-order chi connectivity index (χ1) is 9.21. The Morgan fingerprint density at radius 2 is 1.70 bits per heavy atom. The summed E-state index contributed by atoms with van der Waals surface area (Å²) in [5, 5.41) is 2.02. The fourth-order valence-corrected chi connectivity index (χ4v) is 1.65. The highest BCUT2D eigenvalue weighted by molar-refractivity contribution is 6.28. The lowest BCUT2D eigenvalue weighted by Crippen LogP contribution is -2.42. The highest BCUT2D eigenvalue weighted by atomic mass is 35.5. The molecule has 0 aliphatic rings. The molecule has 0 aliphatic heterocycles. The molecule has 0 amide bonds. The summed E-state index contributed by atoms with van der Waals surface area (Å²) in [6.07, 6.45) is -5.63. The normalized spacial score (nSPS) is 12.7. The minimum absolute atomic E-state index is 0.176. The van der Waals surface area contributed by atoms with E-state index in [2.05, 4.69) is 9.97 Å². The highest BCUT2D eigenvalue weighted by Crippen LogP contribution is 2.35. The van der Waals surface area contributed by atoms with Gasteiger partial charge in [0.05, 0.1) is 12.1 Å². The zero-order chi connectivity index (χ0) is 15.0. The lowest BCUT2D eigenvalue weighted by molar-refractivity contribution is -0.275. The maximum absolute atomic E-state index is 12.9. The van der Waals surface area contributed by atoms with Crippen LogP contribution in [0.25, 0.3) is 10.9 Å². The van der Waals surface area contributed by atoms with E-state index in [0.717, 1.165) is 0 Å². The summed E-state index contributed by atoms with van der Waals surface area (Å²) in [7, 11) is 0. The van der Waals surface area contributed by atoms with Gasteiger partial charge in [0.25, 0.3) is 0 Å². The van der Waals surface area contributed by atoms with Crippen molar-refractivity contribution in [3.8, 4) is 0 Å². The molecule has 0 bridgehead atoms. The second-order valence-corrected chi connectivity index (χ2v) is 4.25. The third kappa shape index (κ3) is 2.90. The largest absolute Gasteiger partial charge is 0.455 e. The molecule has 1 aromatic heterocycles. The average molecular weight is 312 g/mol. The lowest BCUT2D eigenvalue weighted by atomic mass is 10.2. The van der Waals surface area contributed by atoms with Gasteiger partial charge < -0.3 is 5.32 Å². The van der Waals surface area contributed by atoms with Gasteiger partial charge >= 0.3 is 12.1 Å². The molecule has 108 valence electrons. The van der Waals surface area contributed by atoms with Crippen LogP contribution >= 0.6 is 11.6 Å². The fraction of sp³-hybridized carbons (Fsp3) is 0.273. The number of aromatic nitrogens is 2. The standard InChI is InChI=1S/C11H7ClF5N3/c12-9-19-7-4-2-1-3-6(7)8(20-9)18-5-10(13,14)11(15,16)17/h1-4H,5H2,(H,18,19,20). The topological polar surface area (TPSA) is 37.8 Å². The van der Waals surface area contributed by atoms with Gasteiger partial charge in [-0.25, -0.2) is 9.97 Å². The molecule has 0 saturated carbocycles. The molecule has 20 heavy (non-hydrogen) atoms. The molecular weight excluding hydrogens is 305 g/mol. The maximum Gasteiger partial charge on any atom is 0.455 e. The first-order valence-corrected chi connectivity index (χ1v) is 5.69. The Hall–Kier alpha value is -1.70. The van der Waals surface area contributed by atoms with Crippen LogP contribution in [0.2, 0.25) is 5.28 Å².